The highest BCUT2D eigenvalue weighted by atomic mass is 15.0. The van der Waals surface area contributed by atoms with Crippen molar-refractivity contribution in [2.75, 3.05) is 0 Å². The molecule has 0 spiro atoms. The van der Waals surface area contributed by atoms with E-state index >= 15 is 0 Å². The highest BCUT2D eigenvalue weighted by Gasteiger charge is 2.40. The van der Waals surface area contributed by atoms with Crippen LogP contribution in [-0.2, 0) is 22.7 Å². The van der Waals surface area contributed by atoms with E-state index in [1.807, 2.05) is 0 Å². The number of hydrogen-bond donors (Lipinski definition) is 0. The van der Waals surface area contributed by atoms with E-state index in [9.17, 15) is 0 Å². The van der Waals surface area contributed by atoms with E-state index in [0.29, 0.717) is 0 Å². The first kappa shape index (κ1) is 55.6. The number of benzene rings is 12. The van der Waals surface area contributed by atoms with Gasteiger partial charge in [0.1, 0.15) is 0 Å². The minimum Gasteiger partial charge on any atom is -0.313 e. The molecule has 2 heteroatoms. The highest BCUT2D eigenvalue weighted by molar-refractivity contribution is 6.10. The Balaban J connectivity index is 0.546. The van der Waals surface area contributed by atoms with Crippen LogP contribution in [0.15, 0.2) is 255 Å². The third kappa shape index (κ3) is 8.23. The lowest BCUT2D eigenvalue weighted by atomic mass is 9.80. The van der Waals surface area contributed by atoms with Crippen molar-refractivity contribution in [2.24, 2.45) is 0 Å². The summed E-state index contributed by atoms with van der Waals surface area (Å²) in [7, 11) is 0. The van der Waals surface area contributed by atoms with Gasteiger partial charge in [-0.05, 0) is 231 Å². The van der Waals surface area contributed by atoms with E-state index in [4.69, 9.17) is 6.58 Å². The Morgan fingerprint density at radius 3 is 1.42 bits per heavy atom. The Morgan fingerprint density at radius 1 is 0.316 bits per heavy atom. The Morgan fingerprint density at radius 2 is 0.768 bits per heavy atom. The Hall–Kier alpha value is -11.1. The molecular formula is C93H70N2. The average molecular weight is 1220 g/mol. The van der Waals surface area contributed by atoms with Crippen LogP contribution in [0.2, 0.25) is 0 Å². The lowest BCUT2D eigenvalue weighted by molar-refractivity contribution is 0.659. The van der Waals surface area contributed by atoms with Gasteiger partial charge in [0, 0.05) is 55.0 Å². The second-order valence-corrected chi connectivity index (χ2v) is 28.8. The van der Waals surface area contributed by atoms with Crippen LogP contribution in [0.25, 0.3) is 147 Å². The average Bonchev–Trinajstić information content (AvgIpc) is 1.58. The fraction of sp³-hybridized carbons (Fsp3) is 0.118. The standard InChI is InChI=1S/C93H70N2/c1-56-75-50-63(61-34-28-57(29-35-61)24-26-59-32-46-89-79(48-59)73-18-10-14-22-87(73)94(89)65-40-44-70-68-16-8-12-20-81(68)91(2,3)84(70)52-65)38-42-67(75)77-55-86-78(54-76(56)77)72-43-39-64(51-83(72)93(86,6)7)62-36-30-58(31-37-62)25-27-60-33-47-90-80(49-60)74-19-11-15-23-88(74)95(90)66-41-45-71-69-17-9-13-21-82(69)92(4,5)85(71)53-66/h8-13,15-21,23-55H,1,14,22H2,2-7H3/b26-24+,27-25+. The van der Waals surface area contributed by atoms with E-state index in [2.05, 4.69) is 330 Å². The summed E-state index contributed by atoms with van der Waals surface area (Å²) in [5.74, 6) is 0. The number of hydrogen-bond acceptors (Lipinski definition) is 0. The molecule has 0 bridgehead atoms. The third-order valence-corrected chi connectivity index (χ3v) is 22.5. The van der Waals surface area contributed by atoms with Crippen molar-refractivity contribution in [1.29, 1.82) is 0 Å². The minimum absolute atomic E-state index is 0.0486. The van der Waals surface area contributed by atoms with Crippen molar-refractivity contribution in [3.63, 3.8) is 0 Å². The molecule has 0 unspecified atom stereocenters. The maximum Gasteiger partial charge on any atom is 0.0541 e. The summed E-state index contributed by atoms with van der Waals surface area (Å²) in [6.45, 7) is 19.0. The van der Waals surface area contributed by atoms with Gasteiger partial charge in [0.25, 0.3) is 0 Å². The summed E-state index contributed by atoms with van der Waals surface area (Å²) in [6, 6.07) is 91.8. The monoisotopic (exact) mass is 1210 g/mol. The van der Waals surface area contributed by atoms with Gasteiger partial charge in [-0.25, -0.2) is 0 Å². The summed E-state index contributed by atoms with van der Waals surface area (Å²) < 4.78 is 4.98. The first-order chi connectivity index (χ1) is 46.2. The largest absolute Gasteiger partial charge is 0.313 e. The molecule has 95 heavy (non-hydrogen) atoms. The van der Waals surface area contributed by atoms with E-state index in [1.54, 1.807) is 0 Å². The summed E-state index contributed by atoms with van der Waals surface area (Å²) >= 11 is 0. The molecule has 0 fully saturated rings. The molecule has 2 nitrogen and oxygen atoms in total. The van der Waals surface area contributed by atoms with Gasteiger partial charge in [-0.1, -0.05) is 248 Å². The molecule has 5 aliphatic rings. The van der Waals surface area contributed by atoms with Gasteiger partial charge in [0.2, 0.25) is 0 Å². The van der Waals surface area contributed by atoms with Crippen molar-refractivity contribution in [3.8, 4) is 78.1 Å². The second-order valence-electron chi connectivity index (χ2n) is 28.8. The molecule has 0 saturated carbocycles. The molecule has 0 N–H and O–H groups in total. The number of fused-ring (bicyclic) bond motifs is 18. The predicted molar refractivity (Wildman–Crippen MR) is 403 cm³/mol. The molecule has 0 amide bonds. The molecule has 0 aliphatic heterocycles. The highest BCUT2D eigenvalue weighted by Crippen LogP contribution is 2.56. The fourth-order valence-electron chi connectivity index (χ4n) is 17.4. The van der Waals surface area contributed by atoms with Crippen LogP contribution in [0.1, 0.15) is 126 Å². The molecule has 2 aromatic heterocycles. The predicted octanol–water partition coefficient (Wildman–Crippen LogP) is 24.3. The molecule has 0 atom stereocenters. The van der Waals surface area contributed by atoms with Crippen LogP contribution in [0.4, 0.5) is 0 Å². The maximum atomic E-state index is 4.76. The number of rotatable bonds is 8. The van der Waals surface area contributed by atoms with Gasteiger partial charge >= 0.3 is 0 Å². The Bertz CT molecular complexity index is 5800. The van der Waals surface area contributed by atoms with E-state index in [0.717, 1.165) is 18.4 Å². The normalized spacial score (nSPS) is 15.3. The zero-order chi connectivity index (χ0) is 63.8. The lowest BCUT2D eigenvalue weighted by Crippen LogP contribution is -2.15. The Labute approximate surface area is 556 Å². The van der Waals surface area contributed by atoms with Gasteiger partial charge in [0.15, 0.2) is 0 Å². The van der Waals surface area contributed by atoms with Gasteiger partial charge < -0.3 is 9.13 Å². The van der Waals surface area contributed by atoms with Gasteiger partial charge in [-0.2, -0.15) is 0 Å². The Kier molecular flexibility index (Phi) is 11.8. The van der Waals surface area contributed by atoms with Crippen molar-refractivity contribution >= 4 is 68.7 Å². The molecule has 2 heterocycles. The third-order valence-electron chi connectivity index (χ3n) is 22.5. The van der Waals surface area contributed by atoms with Crippen molar-refractivity contribution in [2.45, 2.75) is 70.6 Å². The smallest absolute Gasteiger partial charge is 0.0541 e. The summed E-state index contributed by atoms with van der Waals surface area (Å²) in [5, 5.41) is 3.83. The number of aromatic nitrogens is 2. The van der Waals surface area contributed by atoms with Gasteiger partial charge in [0.05, 0.1) is 16.6 Å². The van der Waals surface area contributed by atoms with E-state index in [1.165, 1.54) is 189 Å². The van der Waals surface area contributed by atoms with Crippen LogP contribution in [0, 0.1) is 0 Å². The van der Waals surface area contributed by atoms with Crippen molar-refractivity contribution < 1.29 is 0 Å². The molecule has 0 radical (unpaired) electrons. The maximum absolute atomic E-state index is 4.76. The number of nitrogens with zero attached hydrogens (tertiary/aromatic N) is 2. The minimum atomic E-state index is -0.179. The van der Waals surface area contributed by atoms with Crippen LogP contribution >= 0.6 is 0 Å². The van der Waals surface area contributed by atoms with Crippen molar-refractivity contribution in [1.82, 2.24) is 9.13 Å². The number of allylic oxidation sites excluding steroid dienone is 1. The molecule has 0 saturated heterocycles. The van der Waals surface area contributed by atoms with E-state index in [-0.39, 0.29) is 16.2 Å². The molecule has 5 aliphatic carbocycles. The van der Waals surface area contributed by atoms with Crippen LogP contribution in [0.5, 0.6) is 0 Å². The summed E-state index contributed by atoms with van der Waals surface area (Å²) in [4.78, 5) is 0. The van der Waals surface area contributed by atoms with Crippen LogP contribution in [-0.4, -0.2) is 9.13 Å². The SMILES string of the molecule is C=C1c2cc(-c3ccc(/C=C/c4ccc5c(c4)c4c(n5-c5ccc6c(c5)C(C)(C)c5ccccc5-6)CCC=C4)cc3)ccc2-c2cc3c(cc21)-c1ccc(-c2ccc(/C=C/c4ccc5c(c4)c4ccccc4n5-c4ccc5c(c4)C(C)(C)c4ccccc4-5)cc2)cc1C3(C)C. The zero-order valence-corrected chi connectivity index (χ0v) is 54.6. The molecule has 19 rings (SSSR count). The molecule has 452 valence electrons. The fourth-order valence-corrected chi connectivity index (χ4v) is 17.4. The zero-order valence-electron chi connectivity index (χ0n) is 54.6. The molecule has 14 aromatic rings. The summed E-state index contributed by atoms with van der Waals surface area (Å²) in [6.07, 6.45) is 15.8. The van der Waals surface area contributed by atoms with Gasteiger partial charge in [-0.15, -0.1) is 0 Å². The molecular weight excluding hydrogens is 1150 g/mol. The first-order valence-electron chi connectivity index (χ1n) is 33.9. The molecule has 12 aromatic carbocycles. The van der Waals surface area contributed by atoms with Crippen molar-refractivity contribution in [3.05, 3.63) is 333 Å². The van der Waals surface area contributed by atoms with Gasteiger partial charge in [-0.3, -0.25) is 0 Å². The van der Waals surface area contributed by atoms with Crippen LogP contribution in [0.3, 0.4) is 0 Å². The topological polar surface area (TPSA) is 9.86 Å². The number of para-hydroxylation sites is 1. The summed E-state index contributed by atoms with van der Waals surface area (Å²) in [5.41, 5.74) is 40.7. The second kappa shape index (κ2) is 20.2. The first-order valence-corrected chi connectivity index (χ1v) is 33.9. The quantitative estimate of drug-likeness (QED) is 0.134. The van der Waals surface area contributed by atoms with E-state index < -0.39 is 0 Å². The van der Waals surface area contributed by atoms with Crippen LogP contribution < -0.4 is 0 Å². The lowest BCUT2D eigenvalue weighted by Gasteiger charge is -2.23.